The molecule has 3 saturated heterocycles. The maximum atomic E-state index is 13.4. The van der Waals surface area contributed by atoms with Crippen LogP contribution in [0.2, 0.25) is 0 Å². The first-order chi connectivity index (χ1) is 25.2. The second-order valence-electron chi connectivity index (χ2n) is 12.0. The van der Waals surface area contributed by atoms with Crippen LogP contribution in [0, 0.1) is 0 Å². The maximum Gasteiger partial charge on any atom is 0.333 e. The molecule has 0 aliphatic carbocycles. The van der Waals surface area contributed by atoms with Crippen molar-refractivity contribution in [3.05, 3.63) is 52.1 Å². The smallest absolute Gasteiger partial charge is 0.333 e. The summed E-state index contributed by atoms with van der Waals surface area (Å²) < 4.78 is -0.785. The minimum absolute atomic E-state index is 0.0134. The molecule has 2 unspecified atom stereocenters. The Morgan fingerprint density at radius 3 is 2.45 bits per heavy atom. The molecule has 4 amide bonds. The van der Waals surface area contributed by atoms with E-state index in [4.69, 9.17) is 5.73 Å². The van der Waals surface area contributed by atoms with Gasteiger partial charge in [0.1, 0.15) is 6.04 Å². The molecule has 5 heterocycles. The first-order valence-electron chi connectivity index (χ1n) is 15.8. The number of carbonyl (C=O) groups excluding carboxylic acids is 4. The second kappa shape index (κ2) is 14.3. The molecule has 0 bridgehead atoms. The summed E-state index contributed by atoms with van der Waals surface area (Å²) >= 11 is 0.889. The number of rotatable bonds is 14. The number of carbonyl (C=O) groups is 7. The monoisotopic (exact) mass is 755 g/mol. The summed E-state index contributed by atoms with van der Waals surface area (Å²) in [6, 6.07) is 0.550. The van der Waals surface area contributed by atoms with E-state index >= 15 is 0 Å². The van der Waals surface area contributed by atoms with Gasteiger partial charge in [-0.2, -0.15) is 4.98 Å². The molecule has 10 N–H and O–H groups in total. The average Bonchev–Trinajstić information content (AvgIpc) is 3.69. The number of fused-ring (bicyclic) bond motifs is 1. The van der Waals surface area contributed by atoms with Crippen LogP contribution < -0.4 is 32.7 Å². The summed E-state index contributed by atoms with van der Waals surface area (Å²) in [6.45, 7) is -0.186. The lowest BCUT2D eigenvalue weighted by molar-refractivity contribution is -1.01. The van der Waals surface area contributed by atoms with Crippen LogP contribution in [0.1, 0.15) is 35.3 Å². The zero-order valence-corrected chi connectivity index (χ0v) is 28.0. The molecule has 6 rings (SSSR count). The number of aromatic nitrogens is 4. The van der Waals surface area contributed by atoms with Crippen LogP contribution in [0.5, 0.6) is 0 Å². The standard InChI is InChI=1S/C29H30N12O11S/c30-29-36-22-21(24(46)37-29)34-14(9-33-22)8-31-13-3-1-12(2-4-13)23(45)35-15(27(49)50)5-6-19(42)32-10-16-25(47)39-17(7-20(43)44)26(48)40-18(28(51)52)11-53-41(39,40)38-16/h1-4,9,15-18,38H,5-8,10-11H2,(H8-,30,31,32,33,35,36,37,42,43,44,45,46,49,50,51,52)/p+1/t15-,16+,17+,18?,41?/m1/s1. The van der Waals surface area contributed by atoms with Crippen LogP contribution in [0.4, 0.5) is 11.6 Å². The van der Waals surface area contributed by atoms with Crippen LogP contribution >= 0.6 is 11.9 Å². The number of aliphatic carboxylic acids is 3. The van der Waals surface area contributed by atoms with Gasteiger partial charge in [0.2, 0.25) is 11.9 Å². The fourth-order valence-corrected chi connectivity index (χ4v) is 7.45. The molecule has 5 atom stereocenters. The molecule has 0 saturated carbocycles. The van der Waals surface area contributed by atoms with Gasteiger partial charge in [-0.05, 0) is 30.7 Å². The number of nitrogen functional groups attached to an aromatic ring is 1. The quantitative estimate of drug-likeness (QED) is 0.0590. The summed E-state index contributed by atoms with van der Waals surface area (Å²) in [5.41, 5.74) is 9.04. The van der Waals surface area contributed by atoms with Crippen molar-refractivity contribution in [2.24, 2.45) is 0 Å². The summed E-state index contributed by atoms with van der Waals surface area (Å²) in [5, 5.41) is 38.5. The average molecular weight is 756 g/mol. The normalized spacial score (nSPS) is 22.3. The first-order valence-corrected chi connectivity index (χ1v) is 16.7. The number of nitrogens with zero attached hydrogens (tertiary/aromatic N) is 6. The predicted octanol–water partition coefficient (Wildman–Crippen LogP) is -2.85. The molecular formula is C29H31N12O11S+. The molecule has 2 aromatic heterocycles. The molecule has 3 fully saturated rings. The molecule has 1 aromatic carbocycles. The largest absolute Gasteiger partial charge is 0.481 e. The van der Waals surface area contributed by atoms with Gasteiger partial charge in [0.25, 0.3) is 17.4 Å². The van der Waals surface area contributed by atoms with Gasteiger partial charge in [0, 0.05) is 28.4 Å². The topological polar surface area (TPSA) is 332 Å². The van der Waals surface area contributed by atoms with E-state index in [9.17, 15) is 53.7 Å². The minimum atomic E-state index is -1.48. The number of nitrogens with one attached hydrogen (secondary N) is 5. The molecule has 3 aliphatic rings. The first kappa shape index (κ1) is 36.4. The van der Waals surface area contributed by atoms with Gasteiger partial charge >= 0.3 is 23.8 Å². The molecule has 1 spiro atoms. The van der Waals surface area contributed by atoms with Crippen LogP contribution in [-0.2, 0) is 35.3 Å². The lowest BCUT2D eigenvalue weighted by Crippen LogP contribution is -2.62. The van der Waals surface area contributed by atoms with Crippen molar-refractivity contribution in [1.82, 2.24) is 46.0 Å². The Labute approximate surface area is 300 Å². The van der Waals surface area contributed by atoms with E-state index in [1.54, 1.807) is 12.1 Å². The Morgan fingerprint density at radius 2 is 1.77 bits per heavy atom. The van der Waals surface area contributed by atoms with Crippen molar-refractivity contribution in [2.75, 3.05) is 23.3 Å². The van der Waals surface area contributed by atoms with Crippen molar-refractivity contribution in [1.29, 1.82) is 0 Å². The van der Waals surface area contributed by atoms with Gasteiger partial charge in [-0.25, -0.2) is 19.6 Å². The van der Waals surface area contributed by atoms with Gasteiger partial charge in [-0.3, -0.25) is 33.8 Å². The van der Waals surface area contributed by atoms with Gasteiger partial charge in [-0.1, -0.05) is 5.43 Å². The third-order valence-electron chi connectivity index (χ3n) is 8.47. The number of benzene rings is 1. The zero-order valence-electron chi connectivity index (χ0n) is 27.2. The summed E-state index contributed by atoms with van der Waals surface area (Å²) in [5.74, 6) is -7.30. The number of anilines is 2. The fraction of sp³-hybridized carbons (Fsp3) is 0.345. The van der Waals surface area contributed by atoms with E-state index in [0.29, 0.717) is 11.4 Å². The van der Waals surface area contributed by atoms with Crippen molar-refractivity contribution in [3.8, 4) is 0 Å². The van der Waals surface area contributed by atoms with Crippen LogP contribution in [-0.4, -0.2) is 127 Å². The van der Waals surface area contributed by atoms with Crippen LogP contribution in [0.25, 0.3) is 11.2 Å². The van der Waals surface area contributed by atoms with Crippen molar-refractivity contribution in [2.45, 2.75) is 50.0 Å². The summed E-state index contributed by atoms with van der Waals surface area (Å²) in [4.78, 5) is 114. The highest BCUT2D eigenvalue weighted by molar-refractivity contribution is 7.94. The van der Waals surface area contributed by atoms with E-state index < -0.39 is 81.9 Å². The van der Waals surface area contributed by atoms with Crippen LogP contribution in [0.15, 0.2) is 35.3 Å². The Hall–Kier alpha value is -6.40. The van der Waals surface area contributed by atoms with Gasteiger partial charge in [0.15, 0.2) is 41.2 Å². The third kappa shape index (κ3) is 7.09. The van der Waals surface area contributed by atoms with E-state index in [1.807, 2.05) is 0 Å². The Morgan fingerprint density at radius 1 is 1.04 bits per heavy atom. The number of hydrogen-bond acceptors (Lipinski definition) is 15. The number of hydrogen-bond donors (Lipinski definition) is 9. The number of carboxylic acid groups (broad SMARTS) is 3. The Kier molecular flexibility index (Phi) is 9.83. The van der Waals surface area contributed by atoms with Crippen molar-refractivity contribution in [3.63, 3.8) is 0 Å². The highest BCUT2D eigenvalue weighted by Gasteiger charge is 2.75. The van der Waals surface area contributed by atoms with Crippen molar-refractivity contribution < 1.29 is 53.1 Å². The van der Waals surface area contributed by atoms with E-state index in [1.165, 1.54) is 18.3 Å². The third-order valence-corrected chi connectivity index (χ3v) is 9.75. The van der Waals surface area contributed by atoms with E-state index in [2.05, 4.69) is 41.3 Å². The van der Waals surface area contributed by atoms with Gasteiger partial charge in [-0.15, -0.1) is 10.0 Å². The second-order valence-corrected chi connectivity index (χ2v) is 13.1. The predicted molar refractivity (Wildman–Crippen MR) is 178 cm³/mol. The molecule has 0 radical (unpaired) electrons. The molecule has 3 aliphatic heterocycles. The number of amides is 4. The van der Waals surface area contributed by atoms with Crippen molar-refractivity contribution >= 4 is 76.3 Å². The number of aromatic amines is 1. The summed E-state index contributed by atoms with van der Waals surface area (Å²) in [6.07, 6.45) is -0.0369. The maximum absolute atomic E-state index is 13.4. The molecular weight excluding hydrogens is 724 g/mol. The number of carboxylic acids is 3. The SMILES string of the molecule is Nc1nc2ncc(CNc3ccc(C(=O)N[C@H](CCC(=O)NC[C@@H]4N[N+]56SCC(C(=O)O)N5C(=O)[C@H](CC(=O)O)N6C4=O)C(=O)O)cc3)nc2c(=O)[nH]1. The Bertz CT molecular complexity index is 2100. The number of nitrogens with two attached hydrogens (primary N) is 1. The highest BCUT2D eigenvalue weighted by atomic mass is 32.2. The van der Waals surface area contributed by atoms with Gasteiger partial charge < -0.3 is 37.0 Å². The van der Waals surface area contributed by atoms with E-state index in [-0.39, 0.29) is 54.4 Å². The summed E-state index contributed by atoms with van der Waals surface area (Å²) in [7, 11) is 0. The van der Waals surface area contributed by atoms with Gasteiger partial charge in [0.05, 0.1) is 30.6 Å². The Balaban J connectivity index is 1.00. The molecule has 24 heteroatoms. The molecule has 278 valence electrons. The fourth-order valence-electron chi connectivity index (χ4n) is 5.98. The zero-order chi connectivity index (χ0) is 38.2. The number of quaternary nitrogens is 1. The molecule has 23 nitrogen and oxygen atoms in total. The lowest BCUT2D eigenvalue weighted by atomic mass is 10.1. The van der Waals surface area contributed by atoms with Crippen LogP contribution in [0.3, 0.4) is 0 Å². The number of H-pyrrole nitrogens is 1. The molecule has 3 aromatic rings. The lowest BCUT2D eigenvalue weighted by Gasteiger charge is -2.30. The minimum Gasteiger partial charge on any atom is -0.481 e. The molecule has 53 heavy (non-hydrogen) atoms. The van der Waals surface area contributed by atoms with E-state index in [0.717, 1.165) is 22.0 Å². The highest BCUT2D eigenvalue weighted by Crippen LogP contribution is 2.47.